The van der Waals surface area contributed by atoms with Crippen LogP contribution in [0.4, 0.5) is 5.82 Å². The predicted octanol–water partition coefficient (Wildman–Crippen LogP) is 10.7. The number of nitrogens with zero attached hydrogens (tertiary/aromatic N) is 4. The fourth-order valence-electron chi connectivity index (χ4n) is 5.02. The summed E-state index contributed by atoms with van der Waals surface area (Å²) in [6.07, 6.45) is 27.0. The lowest BCUT2D eigenvalue weighted by molar-refractivity contribution is 0.0675. The predicted molar refractivity (Wildman–Crippen MR) is 205 cm³/mol. The number of fused-ring (bicyclic) bond motifs is 1. The summed E-state index contributed by atoms with van der Waals surface area (Å²) in [6.45, 7) is 5.39. The lowest BCUT2D eigenvalue weighted by Crippen LogP contribution is -2.18. The number of unbranched alkanes of at least 4 members (excludes halogenated alkanes) is 15. The molecule has 0 radical (unpaired) electrons. The van der Waals surface area contributed by atoms with Gasteiger partial charge < -0.3 is 24.1 Å². The lowest BCUT2D eigenvalue weighted by atomic mass is 10.0. The summed E-state index contributed by atoms with van der Waals surface area (Å²) in [7, 11) is 3.59. The van der Waals surface area contributed by atoms with E-state index in [0.29, 0.717) is 36.7 Å². The van der Waals surface area contributed by atoms with Crippen molar-refractivity contribution in [1.82, 2.24) is 19.5 Å². The number of hydrogen-bond acceptors (Lipinski definition) is 12. The number of anilines is 1. The molecule has 0 bridgehead atoms. The molecular formula is C32H60N5O4PS4. The van der Waals surface area contributed by atoms with Crippen LogP contribution in [0.5, 0.6) is 0 Å². The molecule has 0 saturated carbocycles. The molecular weight excluding hydrogens is 678 g/mol. The number of aromatic nitrogens is 4. The molecule has 0 saturated heterocycles. The second-order valence-electron chi connectivity index (χ2n) is 11.6. The third-order valence-corrected chi connectivity index (χ3v) is 13.4. The Morgan fingerprint density at radius 3 is 1.91 bits per heavy atom. The Morgan fingerprint density at radius 2 is 1.33 bits per heavy atom. The van der Waals surface area contributed by atoms with Gasteiger partial charge in [-0.25, -0.2) is 15.0 Å². The van der Waals surface area contributed by atoms with Gasteiger partial charge in [-0.05, 0) is 19.6 Å². The minimum absolute atomic E-state index is 0.0984. The first-order chi connectivity index (χ1) is 22.5. The van der Waals surface area contributed by atoms with Crippen LogP contribution in [0.25, 0.3) is 11.2 Å². The fourth-order valence-corrected chi connectivity index (χ4v) is 9.67. The highest BCUT2D eigenvalue weighted by Gasteiger charge is 2.26. The van der Waals surface area contributed by atoms with Crippen molar-refractivity contribution >= 4 is 67.8 Å². The number of nitrogen functional groups attached to an aromatic ring is 1. The van der Waals surface area contributed by atoms with Crippen molar-refractivity contribution in [1.29, 1.82) is 0 Å². The molecule has 0 aliphatic heterocycles. The molecule has 2 rings (SSSR count). The Labute approximate surface area is 294 Å². The van der Waals surface area contributed by atoms with Crippen LogP contribution in [0.3, 0.4) is 0 Å². The van der Waals surface area contributed by atoms with E-state index in [1.807, 2.05) is 28.5 Å². The molecule has 0 spiro atoms. The molecule has 9 nitrogen and oxygen atoms in total. The molecule has 0 aliphatic carbocycles. The van der Waals surface area contributed by atoms with E-state index < -0.39 is 7.60 Å². The maximum Gasteiger partial charge on any atom is 0.356 e. The van der Waals surface area contributed by atoms with Crippen LogP contribution >= 0.6 is 50.8 Å². The number of rotatable bonds is 32. The fraction of sp³-hybridized carbons (Fsp3) is 0.844. The van der Waals surface area contributed by atoms with Crippen LogP contribution in [0.15, 0.2) is 12.7 Å². The molecule has 1 unspecified atom stereocenters. The zero-order valence-electron chi connectivity index (χ0n) is 28.6. The van der Waals surface area contributed by atoms with Gasteiger partial charge in [0.1, 0.15) is 18.2 Å². The van der Waals surface area contributed by atoms with E-state index in [1.165, 1.54) is 109 Å². The molecule has 266 valence electrons. The Morgan fingerprint density at radius 1 is 0.783 bits per heavy atom. The van der Waals surface area contributed by atoms with E-state index >= 15 is 0 Å². The van der Waals surface area contributed by atoms with Gasteiger partial charge in [-0.2, -0.15) is 0 Å². The summed E-state index contributed by atoms with van der Waals surface area (Å²) in [5, 5.41) is 0. The van der Waals surface area contributed by atoms with Gasteiger partial charge in [0.15, 0.2) is 11.5 Å². The van der Waals surface area contributed by atoms with E-state index in [9.17, 15) is 4.57 Å². The van der Waals surface area contributed by atoms with Gasteiger partial charge in [0.25, 0.3) is 0 Å². The smallest absolute Gasteiger partial charge is 0.356 e. The van der Waals surface area contributed by atoms with Crippen LogP contribution in [0.2, 0.25) is 0 Å². The SMILES string of the molecule is CCCCCCCCCCCCCCCCCCSSCCOP(=O)(CO[C@H](C)Cn1cnc2c(N)ncnc21)OCCSSC. The maximum atomic E-state index is 13.5. The maximum absolute atomic E-state index is 13.5. The first-order valence-electron chi connectivity index (χ1n) is 17.3. The molecule has 0 amide bonds. The quantitative estimate of drug-likeness (QED) is 0.0438. The number of hydrogen-bond donors (Lipinski definition) is 1. The number of imidazole rings is 1. The van der Waals surface area contributed by atoms with Crippen molar-refractivity contribution in [2.75, 3.05) is 48.8 Å². The van der Waals surface area contributed by atoms with Crippen LogP contribution in [-0.4, -0.2) is 68.7 Å². The Bertz CT molecular complexity index is 1070. The molecule has 2 aromatic rings. The molecule has 0 aliphatic rings. The normalized spacial score (nSPS) is 13.8. The van der Waals surface area contributed by atoms with Crippen molar-refractivity contribution < 1.29 is 18.3 Å². The second-order valence-corrected chi connectivity index (χ2v) is 19.0. The molecule has 2 aromatic heterocycles. The first-order valence-corrected chi connectivity index (χ1v) is 24.2. The van der Waals surface area contributed by atoms with Crippen LogP contribution in [-0.2, 0) is 24.9 Å². The lowest BCUT2D eigenvalue weighted by Gasteiger charge is -2.21. The zero-order chi connectivity index (χ0) is 33.1. The van der Waals surface area contributed by atoms with Crippen molar-refractivity contribution in [3.05, 3.63) is 12.7 Å². The van der Waals surface area contributed by atoms with E-state index in [-0.39, 0.29) is 12.5 Å². The third-order valence-electron chi connectivity index (χ3n) is 7.59. The van der Waals surface area contributed by atoms with Gasteiger partial charge in [-0.3, -0.25) is 4.57 Å². The molecule has 14 heteroatoms. The summed E-state index contributed by atoms with van der Waals surface area (Å²) in [5.41, 5.74) is 7.10. The Balaban J connectivity index is 1.50. The van der Waals surface area contributed by atoms with Crippen LogP contribution in [0, 0.1) is 0 Å². The van der Waals surface area contributed by atoms with Gasteiger partial charge in [-0.1, -0.05) is 146 Å². The van der Waals surface area contributed by atoms with Crippen molar-refractivity contribution in [3.63, 3.8) is 0 Å². The standard InChI is InChI=1S/C32H60N5O4PS4/c1-4-5-6-7-8-9-10-11-12-13-14-15-16-17-18-19-22-45-46-24-21-41-42(38,40-20-23-44-43-3)28-39-29(2)25-37-27-36-30-31(33)34-26-35-32(30)37/h26-27,29H,4-25,28H2,1-3H3,(H2,33,34,35)/t29-,42?/m1/s1. The van der Waals surface area contributed by atoms with E-state index in [4.69, 9.17) is 19.5 Å². The summed E-state index contributed by atoms with van der Waals surface area (Å²) in [4.78, 5) is 12.6. The van der Waals surface area contributed by atoms with Crippen molar-refractivity contribution in [3.8, 4) is 0 Å². The Kier molecular flexibility index (Phi) is 25.3. The van der Waals surface area contributed by atoms with Gasteiger partial charge in [0.05, 0.1) is 32.2 Å². The summed E-state index contributed by atoms with van der Waals surface area (Å²) in [5.74, 6) is 2.97. The summed E-state index contributed by atoms with van der Waals surface area (Å²) in [6, 6.07) is 0. The Hall–Kier alpha value is -0.140. The molecule has 0 fully saturated rings. The summed E-state index contributed by atoms with van der Waals surface area (Å²) < 4.78 is 32.9. The minimum Gasteiger partial charge on any atom is -0.382 e. The average Bonchev–Trinajstić information content (AvgIpc) is 3.46. The molecule has 2 atom stereocenters. The minimum atomic E-state index is -3.39. The van der Waals surface area contributed by atoms with E-state index in [2.05, 4.69) is 21.9 Å². The molecule has 2 N–H and O–H groups in total. The zero-order valence-corrected chi connectivity index (χ0v) is 32.7. The highest BCUT2D eigenvalue weighted by Crippen LogP contribution is 2.49. The average molecular weight is 738 g/mol. The third kappa shape index (κ3) is 19.8. The van der Waals surface area contributed by atoms with Gasteiger partial charge in [0, 0.05) is 17.3 Å². The largest absolute Gasteiger partial charge is 0.382 e. The number of nitrogens with two attached hydrogens (primary N) is 1. The van der Waals surface area contributed by atoms with Gasteiger partial charge in [0.2, 0.25) is 0 Å². The molecule has 0 aromatic carbocycles. The highest BCUT2D eigenvalue weighted by atomic mass is 33.1. The van der Waals surface area contributed by atoms with Crippen molar-refractivity contribution in [2.24, 2.45) is 0 Å². The van der Waals surface area contributed by atoms with Gasteiger partial charge in [-0.15, -0.1) is 0 Å². The highest BCUT2D eigenvalue weighted by molar-refractivity contribution is 8.76. The number of ether oxygens (including phenoxy) is 1. The van der Waals surface area contributed by atoms with Gasteiger partial charge >= 0.3 is 7.60 Å². The van der Waals surface area contributed by atoms with E-state index in [0.717, 1.165) is 17.3 Å². The monoisotopic (exact) mass is 737 g/mol. The van der Waals surface area contributed by atoms with Crippen molar-refractivity contribution in [2.45, 2.75) is 129 Å². The van der Waals surface area contributed by atoms with Crippen LogP contribution < -0.4 is 5.73 Å². The molecule has 46 heavy (non-hydrogen) atoms. The second kappa shape index (κ2) is 27.7. The first kappa shape index (κ1) is 42.0. The van der Waals surface area contributed by atoms with Crippen LogP contribution in [0.1, 0.15) is 117 Å². The topological polar surface area (TPSA) is 114 Å². The molecule has 2 heterocycles. The summed E-state index contributed by atoms with van der Waals surface area (Å²) >= 11 is 0. The van der Waals surface area contributed by atoms with E-state index in [1.54, 1.807) is 38.7 Å².